The van der Waals surface area contributed by atoms with E-state index in [0.29, 0.717) is 6.07 Å². The van der Waals surface area contributed by atoms with E-state index >= 15 is 0 Å². The minimum absolute atomic E-state index is 0.0827. The zero-order valence-corrected chi connectivity index (χ0v) is 9.80. The van der Waals surface area contributed by atoms with Crippen LogP contribution in [0.1, 0.15) is 0 Å². The number of ether oxygens (including phenoxy) is 1. The number of alkyl halides is 3. The average Bonchev–Trinajstić information content (AvgIpc) is 2.08. The van der Waals surface area contributed by atoms with E-state index < -0.39 is 23.7 Å². The quantitative estimate of drug-likeness (QED) is 0.536. The van der Waals surface area contributed by atoms with E-state index in [9.17, 15) is 22.0 Å². The smallest absolute Gasteiger partial charge is 0.401 e. The summed E-state index contributed by atoms with van der Waals surface area (Å²) >= 11 is 5.38. The van der Waals surface area contributed by atoms with Crippen LogP contribution >= 0.6 is 31.9 Å². The van der Waals surface area contributed by atoms with Crippen LogP contribution in [0.2, 0.25) is 0 Å². The third-order valence-corrected chi connectivity index (χ3v) is 3.23. The summed E-state index contributed by atoms with van der Waals surface area (Å²) in [7, 11) is 0. The van der Waals surface area contributed by atoms with Crippen LogP contribution in [0.3, 0.4) is 0 Å². The molecule has 0 bridgehead atoms. The van der Waals surface area contributed by atoms with Crippen LogP contribution < -0.4 is 4.74 Å². The fourth-order valence-electron chi connectivity index (χ4n) is 0.757. The van der Waals surface area contributed by atoms with Gasteiger partial charge in [0.15, 0.2) is 11.6 Å². The number of hydrogen-bond acceptors (Lipinski definition) is 1. The molecule has 0 aliphatic heterocycles. The molecular formula is C7HBr2F5O. The molecule has 0 fully saturated rings. The number of rotatable bonds is 1. The summed E-state index contributed by atoms with van der Waals surface area (Å²) in [5.74, 6) is -4.39. The van der Waals surface area contributed by atoms with E-state index in [-0.39, 0.29) is 8.95 Å². The lowest BCUT2D eigenvalue weighted by Crippen LogP contribution is -2.18. The van der Waals surface area contributed by atoms with Gasteiger partial charge in [-0.25, -0.2) is 4.39 Å². The lowest BCUT2D eigenvalue weighted by Gasteiger charge is -2.12. The van der Waals surface area contributed by atoms with Crippen molar-refractivity contribution in [3.8, 4) is 5.75 Å². The Balaban J connectivity index is 3.27. The first-order chi connectivity index (χ1) is 6.72. The van der Waals surface area contributed by atoms with Gasteiger partial charge in [-0.15, -0.1) is 13.2 Å². The maximum Gasteiger partial charge on any atom is 0.573 e. The summed E-state index contributed by atoms with van der Waals surface area (Å²) in [5.41, 5.74) is 0. The third-order valence-electron chi connectivity index (χ3n) is 1.29. The van der Waals surface area contributed by atoms with Crippen molar-refractivity contribution in [3.05, 3.63) is 26.6 Å². The number of benzene rings is 1. The first kappa shape index (κ1) is 12.7. The van der Waals surface area contributed by atoms with Gasteiger partial charge >= 0.3 is 6.36 Å². The van der Waals surface area contributed by atoms with Crippen molar-refractivity contribution >= 4 is 31.9 Å². The van der Waals surface area contributed by atoms with Crippen LogP contribution in [0, 0.1) is 11.6 Å². The first-order valence-corrected chi connectivity index (χ1v) is 4.89. The number of hydrogen-bond donors (Lipinski definition) is 0. The lowest BCUT2D eigenvalue weighted by molar-refractivity contribution is -0.276. The van der Waals surface area contributed by atoms with Crippen LogP contribution in [0.4, 0.5) is 22.0 Å². The SMILES string of the molecule is Fc1cc(Br)c(Br)c(OC(F)(F)F)c1F. The molecule has 0 aromatic heterocycles. The molecule has 84 valence electrons. The van der Waals surface area contributed by atoms with E-state index in [1.807, 2.05) is 0 Å². The summed E-state index contributed by atoms with van der Waals surface area (Å²) in [6.45, 7) is 0. The van der Waals surface area contributed by atoms with Gasteiger partial charge in [-0.3, -0.25) is 0 Å². The Bertz CT molecular complexity index is 364. The fourth-order valence-corrected chi connectivity index (χ4v) is 1.51. The first-order valence-electron chi connectivity index (χ1n) is 3.31. The van der Waals surface area contributed by atoms with E-state index in [0.717, 1.165) is 0 Å². The third kappa shape index (κ3) is 3.04. The molecule has 1 rings (SSSR count). The van der Waals surface area contributed by atoms with Gasteiger partial charge in [0.25, 0.3) is 0 Å². The molecule has 0 unspecified atom stereocenters. The second kappa shape index (κ2) is 4.25. The number of halogens is 7. The monoisotopic (exact) mass is 354 g/mol. The van der Waals surface area contributed by atoms with Crippen molar-refractivity contribution in [2.45, 2.75) is 6.36 Å². The van der Waals surface area contributed by atoms with Gasteiger partial charge in [0.1, 0.15) is 0 Å². The Hall–Kier alpha value is -0.370. The summed E-state index contributed by atoms with van der Waals surface area (Å²) in [4.78, 5) is 0. The van der Waals surface area contributed by atoms with Crippen LogP contribution in [-0.4, -0.2) is 6.36 Å². The predicted molar refractivity (Wildman–Crippen MR) is 48.4 cm³/mol. The molecule has 0 radical (unpaired) electrons. The van der Waals surface area contributed by atoms with Crippen molar-refractivity contribution in [1.29, 1.82) is 0 Å². The predicted octanol–water partition coefficient (Wildman–Crippen LogP) is 4.39. The van der Waals surface area contributed by atoms with Gasteiger partial charge in [-0.05, 0) is 37.9 Å². The van der Waals surface area contributed by atoms with E-state index in [1.165, 1.54) is 0 Å². The molecule has 1 aromatic rings. The molecule has 0 saturated carbocycles. The van der Waals surface area contributed by atoms with E-state index in [2.05, 4.69) is 36.6 Å². The zero-order valence-electron chi connectivity index (χ0n) is 6.63. The van der Waals surface area contributed by atoms with Gasteiger partial charge < -0.3 is 4.74 Å². The Morgan fingerprint density at radius 3 is 2.13 bits per heavy atom. The van der Waals surface area contributed by atoms with Crippen molar-refractivity contribution in [2.75, 3.05) is 0 Å². The molecule has 0 spiro atoms. The fraction of sp³-hybridized carbons (Fsp3) is 0.143. The van der Waals surface area contributed by atoms with E-state index in [4.69, 9.17) is 0 Å². The van der Waals surface area contributed by atoms with Gasteiger partial charge in [-0.1, -0.05) is 0 Å². The highest BCUT2D eigenvalue weighted by molar-refractivity contribution is 9.13. The maximum atomic E-state index is 12.9. The molecule has 8 heteroatoms. The Morgan fingerprint density at radius 1 is 1.13 bits per heavy atom. The van der Waals surface area contributed by atoms with Gasteiger partial charge in [0.05, 0.1) is 4.47 Å². The summed E-state index contributed by atoms with van der Waals surface area (Å²) in [6, 6.07) is 0.683. The molecule has 0 heterocycles. The highest BCUT2D eigenvalue weighted by Gasteiger charge is 2.34. The molecule has 1 nitrogen and oxygen atoms in total. The maximum absolute atomic E-state index is 12.9. The van der Waals surface area contributed by atoms with Crippen LogP contribution in [-0.2, 0) is 0 Å². The molecule has 15 heavy (non-hydrogen) atoms. The van der Waals surface area contributed by atoms with Crippen molar-refractivity contribution in [3.63, 3.8) is 0 Å². The summed E-state index contributed by atoms with van der Waals surface area (Å²) < 4.78 is 64.0. The molecular weight excluding hydrogens is 355 g/mol. The Labute approximate surface area is 97.5 Å². The molecule has 1 aromatic carbocycles. The largest absolute Gasteiger partial charge is 0.573 e. The zero-order chi connectivity index (χ0) is 11.8. The summed E-state index contributed by atoms with van der Waals surface area (Å²) in [6.07, 6.45) is -5.09. The Kier molecular flexibility index (Phi) is 3.59. The Morgan fingerprint density at radius 2 is 1.67 bits per heavy atom. The molecule has 0 aliphatic rings. The van der Waals surface area contributed by atoms with Crippen LogP contribution in [0.25, 0.3) is 0 Å². The van der Waals surface area contributed by atoms with Gasteiger partial charge in [-0.2, -0.15) is 4.39 Å². The standard InChI is InChI=1S/C7HBr2F5O/c8-2-1-3(10)5(11)6(4(2)9)15-7(12,13)14/h1H. The second-order valence-corrected chi connectivity index (χ2v) is 3.99. The highest BCUT2D eigenvalue weighted by atomic mass is 79.9. The van der Waals surface area contributed by atoms with E-state index in [1.54, 1.807) is 0 Å². The van der Waals surface area contributed by atoms with Crippen LogP contribution in [0.5, 0.6) is 5.75 Å². The molecule has 0 N–H and O–H groups in total. The minimum Gasteiger partial charge on any atom is -0.401 e. The summed E-state index contributed by atoms with van der Waals surface area (Å²) in [5, 5.41) is 0. The normalized spacial score (nSPS) is 11.7. The lowest BCUT2D eigenvalue weighted by atomic mass is 10.3. The van der Waals surface area contributed by atoms with Crippen molar-refractivity contribution in [2.24, 2.45) is 0 Å². The molecule has 0 aliphatic carbocycles. The minimum atomic E-state index is -5.09. The van der Waals surface area contributed by atoms with Crippen LogP contribution in [0.15, 0.2) is 15.0 Å². The molecule has 0 amide bonds. The molecule has 0 atom stereocenters. The van der Waals surface area contributed by atoms with Crippen molar-refractivity contribution < 1.29 is 26.7 Å². The second-order valence-electron chi connectivity index (χ2n) is 2.35. The highest BCUT2D eigenvalue weighted by Crippen LogP contribution is 2.39. The average molecular weight is 356 g/mol. The van der Waals surface area contributed by atoms with Gasteiger partial charge in [0, 0.05) is 4.47 Å². The van der Waals surface area contributed by atoms with Gasteiger partial charge in [0.2, 0.25) is 5.82 Å². The molecule has 0 saturated heterocycles. The van der Waals surface area contributed by atoms with Crippen molar-refractivity contribution in [1.82, 2.24) is 0 Å². The topological polar surface area (TPSA) is 9.23 Å².